The number of fused-ring (bicyclic) bond motifs is 1. The van der Waals surface area contributed by atoms with Gasteiger partial charge in [-0.25, -0.2) is 4.39 Å². The molecule has 1 unspecified atom stereocenters. The summed E-state index contributed by atoms with van der Waals surface area (Å²) >= 11 is 0. The Kier molecular flexibility index (Phi) is 9.18. The van der Waals surface area contributed by atoms with Crippen LogP contribution >= 0.6 is 0 Å². The predicted molar refractivity (Wildman–Crippen MR) is 191 cm³/mol. The molecule has 2 aromatic carbocycles. The first-order valence-electron chi connectivity index (χ1n) is 17.9. The topological polar surface area (TPSA) is 161 Å². The summed E-state index contributed by atoms with van der Waals surface area (Å²) in [4.78, 5) is 56.0. The van der Waals surface area contributed by atoms with Crippen LogP contribution in [0.1, 0.15) is 83.6 Å². The Morgan fingerprint density at radius 2 is 1.77 bits per heavy atom. The molecule has 1 aromatic heterocycles. The zero-order valence-electron chi connectivity index (χ0n) is 30.5. The van der Waals surface area contributed by atoms with Gasteiger partial charge in [0.2, 0.25) is 11.8 Å². The van der Waals surface area contributed by atoms with Gasteiger partial charge in [0.15, 0.2) is 11.5 Å². The van der Waals surface area contributed by atoms with Gasteiger partial charge in [-0.2, -0.15) is 5.26 Å². The third-order valence-electron chi connectivity index (χ3n) is 11.4. The number of hydrogen-bond donors (Lipinski definition) is 2. The Morgan fingerprint density at radius 3 is 2.42 bits per heavy atom. The number of aromatic nitrogens is 2. The summed E-state index contributed by atoms with van der Waals surface area (Å²) in [5, 5.41) is 23.4. The first-order chi connectivity index (χ1) is 25.2. The number of imide groups is 1. The van der Waals surface area contributed by atoms with E-state index in [4.69, 9.17) is 4.74 Å². The number of ether oxygens (including phenoxy) is 1. The van der Waals surface area contributed by atoms with Crippen molar-refractivity contribution in [2.24, 2.45) is 10.8 Å². The van der Waals surface area contributed by atoms with Crippen LogP contribution in [0.2, 0.25) is 0 Å². The van der Waals surface area contributed by atoms with Crippen LogP contribution in [0.15, 0.2) is 42.5 Å². The maximum Gasteiger partial charge on any atom is 0.272 e. The molecule has 276 valence electrons. The molecule has 3 aromatic rings. The number of nitrogens with one attached hydrogen (secondary N) is 2. The zero-order chi connectivity index (χ0) is 37.8. The second-order valence-electron chi connectivity index (χ2n) is 15.7. The van der Waals surface area contributed by atoms with Crippen molar-refractivity contribution in [3.05, 3.63) is 81.8 Å². The van der Waals surface area contributed by atoms with Crippen LogP contribution < -0.4 is 20.3 Å². The predicted octanol–water partition coefficient (Wildman–Crippen LogP) is 3.49. The summed E-state index contributed by atoms with van der Waals surface area (Å²) in [6.45, 7) is 13.2. The van der Waals surface area contributed by atoms with Crippen LogP contribution in [0.5, 0.6) is 5.75 Å². The standard InChI is InChI=1S/C39H43FN8O5/c1-22-16-26(7-6-23(22)19-41)53-37-38(2,3)36(39(37,4)5)43-33(50)29-8-10-31(45-44-29)47-14-12-46(13-15-47)20-25-17-24-21-48(35(52)27(24)18-28(25)40)30-9-11-32(49)42-34(30)51/h6-8,10,16-18,30,36-37H,9,11-15,20-21H2,1-5H3,(H,43,50)(H,42,49,51)/t30?,36-,37-. The number of amides is 4. The fourth-order valence-corrected chi connectivity index (χ4v) is 8.73. The van der Waals surface area contributed by atoms with Gasteiger partial charge in [-0.3, -0.25) is 29.4 Å². The van der Waals surface area contributed by atoms with Gasteiger partial charge in [0.25, 0.3) is 11.8 Å². The summed E-state index contributed by atoms with van der Waals surface area (Å²) in [6.07, 6.45) is 0.226. The Bertz CT molecular complexity index is 2020. The molecule has 4 heterocycles. The molecule has 1 aliphatic carbocycles. The summed E-state index contributed by atoms with van der Waals surface area (Å²) in [5.41, 5.74) is 2.30. The van der Waals surface area contributed by atoms with Crippen LogP contribution in [0.3, 0.4) is 0 Å². The number of hydrogen-bond acceptors (Lipinski definition) is 10. The molecule has 2 saturated heterocycles. The van der Waals surface area contributed by atoms with E-state index in [9.17, 15) is 24.4 Å². The number of benzene rings is 2. The normalized spacial score (nSPS) is 23.5. The highest BCUT2D eigenvalue weighted by Crippen LogP contribution is 2.55. The molecule has 7 rings (SSSR count). The maximum absolute atomic E-state index is 15.3. The SMILES string of the molecule is Cc1cc(O[C@H]2C(C)(C)[C@H](NC(=O)c3ccc(N4CCN(Cc5cc6c(cc5F)C(=O)N(C5CCC(=O)NC5=O)C6)CC4)nn3)C2(C)C)ccc1C#N. The Balaban J connectivity index is 0.921. The van der Waals surface area contributed by atoms with Crippen LogP contribution in [-0.2, 0) is 22.7 Å². The third-order valence-corrected chi connectivity index (χ3v) is 11.4. The average molecular weight is 723 g/mol. The summed E-state index contributed by atoms with van der Waals surface area (Å²) in [5.74, 6) is -0.703. The number of halogens is 1. The van der Waals surface area contributed by atoms with E-state index in [1.807, 2.05) is 13.0 Å². The minimum Gasteiger partial charge on any atom is -0.489 e. The van der Waals surface area contributed by atoms with Gasteiger partial charge in [-0.15, -0.1) is 10.2 Å². The highest BCUT2D eigenvalue weighted by Gasteiger charge is 2.64. The average Bonchev–Trinajstić information content (AvgIpc) is 3.43. The lowest BCUT2D eigenvalue weighted by atomic mass is 9.49. The molecule has 4 aliphatic rings. The van der Waals surface area contributed by atoms with E-state index in [2.05, 4.69) is 64.4 Å². The highest BCUT2D eigenvalue weighted by atomic mass is 19.1. The number of piperazine rings is 1. The second-order valence-corrected chi connectivity index (χ2v) is 15.7. The van der Waals surface area contributed by atoms with Crippen molar-refractivity contribution in [2.45, 2.75) is 78.7 Å². The Morgan fingerprint density at radius 1 is 1.04 bits per heavy atom. The maximum atomic E-state index is 15.3. The van der Waals surface area contributed by atoms with Crippen molar-refractivity contribution in [1.29, 1.82) is 5.26 Å². The van der Waals surface area contributed by atoms with Gasteiger partial charge in [-0.1, -0.05) is 27.7 Å². The number of carbonyl (C=O) groups excluding carboxylic acids is 4. The van der Waals surface area contributed by atoms with Crippen molar-refractivity contribution < 1.29 is 28.3 Å². The lowest BCUT2D eigenvalue weighted by molar-refractivity contribution is -0.164. The summed E-state index contributed by atoms with van der Waals surface area (Å²) < 4.78 is 21.7. The molecule has 13 nitrogen and oxygen atoms in total. The lowest BCUT2D eigenvalue weighted by Gasteiger charge is -2.63. The first-order valence-corrected chi connectivity index (χ1v) is 17.9. The second kappa shape index (κ2) is 13.5. The van der Waals surface area contributed by atoms with Crippen LogP contribution in [0.4, 0.5) is 10.2 Å². The van der Waals surface area contributed by atoms with E-state index >= 15 is 4.39 Å². The Hall–Kier alpha value is -5.42. The van der Waals surface area contributed by atoms with Crippen molar-refractivity contribution in [3.63, 3.8) is 0 Å². The molecule has 14 heteroatoms. The van der Waals surface area contributed by atoms with E-state index in [1.54, 1.807) is 30.3 Å². The molecule has 53 heavy (non-hydrogen) atoms. The molecule has 0 bridgehead atoms. The number of nitriles is 1. The van der Waals surface area contributed by atoms with E-state index in [1.165, 1.54) is 11.0 Å². The summed E-state index contributed by atoms with van der Waals surface area (Å²) in [7, 11) is 0. The van der Waals surface area contributed by atoms with Crippen LogP contribution in [0.25, 0.3) is 0 Å². The molecule has 2 N–H and O–H groups in total. The number of anilines is 1. The van der Waals surface area contributed by atoms with Crippen molar-refractivity contribution in [1.82, 2.24) is 30.6 Å². The smallest absolute Gasteiger partial charge is 0.272 e. The third kappa shape index (κ3) is 6.58. The fraction of sp³-hybridized carbons (Fsp3) is 0.462. The quantitative estimate of drug-likeness (QED) is 0.330. The number of carbonyl (C=O) groups is 4. The first kappa shape index (κ1) is 36.0. The van der Waals surface area contributed by atoms with Gasteiger partial charge < -0.3 is 19.9 Å². The van der Waals surface area contributed by atoms with E-state index in [0.717, 1.165) is 5.56 Å². The van der Waals surface area contributed by atoms with Crippen molar-refractivity contribution in [3.8, 4) is 11.8 Å². The van der Waals surface area contributed by atoms with Gasteiger partial charge in [0.1, 0.15) is 23.7 Å². The van der Waals surface area contributed by atoms with Crippen LogP contribution in [-0.4, -0.2) is 88.0 Å². The summed E-state index contributed by atoms with van der Waals surface area (Å²) in [6, 6.07) is 13.1. The van der Waals surface area contributed by atoms with Crippen LogP contribution in [0, 0.1) is 34.9 Å². The van der Waals surface area contributed by atoms with Gasteiger partial charge in [0, 0.05) is 73.7 Å². The number of aryl methyl sites for hydroxylation is 1. The molecule has 1 saturated carbocycles. The minimum atomic E-state index is -0.750. The minimum absolute atomic E-state index is 0.157. The van der Waals surface area contributed by atoms with E-state index in [0.29, 0.717) is 61.0 Å². The molecule has 3 fully saturated rings. The van der Waals surface area contributed by atoms with Gasteiger partial charge >= 0.3 is 0 Å². The lowest BCUT2D eigenvalue weighted by Crippen LogP contribution is -2.74. The molecule has 3 aliphatic heterocycles. The van der Waals surface area contributed by atoms with E-state index in [-0.39, 0.29) is 65.4 Å². The van der Waals surface area contributed by atoms with Crippen molar-refractivity contribution in [2.75, 3.05) is 31.1 Å². The molecular formula is C39H43FN8O5. The number of piperidine rings is 1. The Labute approximate surface area is 307 Å². The largest absolute Gasteiger partial charge is 0.489 e. The van der Waals surface area contributed by atoms with Crippen molar-refractivity contribution >= 4 is 29.4 Å². The van der Waals surface area contributed by atoms with E-state index < -0.39 is 23.7 Å². The van der Waals surface area contributed by atoms with Gasteiger partial charge in [0.05, 0.1) is 11.6 Å². The molecule has 0 spiro atoms. The number of nitrogens with zero attached hydrogens (tertiary/aromatic N) is 6. The molecular weight excluding hydrogens is 679 g/mol. The molecule has 1 atom stereocenters. The molecule has 4 amide bonds. The molecule has 0 radical (unpaired) electrons. The van der Waals surface area contributed by atoms with Gasteiger partial charge in [-0.05, 0) is 66.9 Å². The number of rotatable bonds is 8. The monoisotopic (exact) mass is 722 g/mol. The fourth-order valence-electron chi connectivity index (χ4n) is 8.73. The zero-order valence-corrected chi connectivity index (χ0v) is 30.5. The highest BCUT2D eigenvalue weighted by molar-refractivity contribution is 6.05.